The highest BCUT2D eigenvalue weighted by atomic mass is 16.5. The molecule has 1 aliphatic rings. The normalized spacial score (nSPS) is 30.1. The third kappa shape index (κ3) is 2.61. The molecule has 0 aliphatic heterocycles. The summed E-state index contributed by atoms with van der Waals surface area (Å²) in [6.45, 7) is 8.82. The van der Waals surface area contributed by atoms with Crippen LogP contribution in [-0.4, -0.2) is 22.8 Å². The maximum atomic E-state index is 6.30. The Bertz CT molecular complexity index is 448. The molecule has 20 heavy (non-hydrogen) atoms. The Kier molecular flexibility index (Phi) is 4.49. The first kappa shape index (κ1) is 15.4. The van der Waals surface area contributed by atoms with Crippen LogP contribution in [0, 0.1) is 0 Å². The van der Waals surface area contributed by atoms with E-state index in [1.54, 1.807) is 0 Å². The first-order valence-corrected chi connectivity index (χ1v) is 7.70. The number of aromatic nitrogens is 2. The van der Waals surface area contributed by atoms with Gasteiger partial charge in [-0.15, -0.1) is 0 Å². The Balaban J connectivity index is 2.28. The van der Waals surface area contributed by atoms with E-state index in [4.69, 9.17) is 15.0 Å². The molecule has 0 radical (unpaired) electrons. The van der Waals surface area contributed by atoms with Crippen molar-refractivity contribution in [3.05, 3.63) is 11.7 Å². The van der Waals surface area contributed by atoms with E-state index >= 15 is 0 Å². The minimum Gasteiger partial charge on any atom is -0.367 e. The predicted molar refractivity (Wildman–Crippen MR) is 77.4 cm³/mol. The maximum Gasteiger partial charge on any atom is 0.234 e. The van der Waals surface area contributed by atoms with E-state index in [1.807, 2.05) is 13.8 Å². The lowest BCUT2D eigenvalue weighted by molar-refractivity contribution is -0.0403. The van der Waals surface area contributed by atoms with Crippen LogP contribution < -0.4 is 5.73 Å². The molecule has 5 heteroatoms. The molecule has 1 saturated carbocycles. The smallest absolute Gasteiger partial charge is 0.234 e. The van der Waals surface area contributed by atoms with Gasteiger partial charge in [0.25, 0.3) is 0 Å². The van der Waals surface area contributed by atoms with Crippen molar-refractivity contribution in [2.75, 3.05) is 6.61 Å². The van der Waals surface area contributed by atoms with Gasteiger partial charge in [0.15, 0.2) is 0 Å². The topological polar surface area (TPSA) is 74.2 Å². The highest BCUT2D eigenvalue weighted by Crippen LogP contribution is 2.38. The molecule has 0 spiro atoms. The van der Waals surface area contributed by atoms with Gasteiger partial charge in [0, 0.05) is 12.6 Å². The Labute approximate surface area is 121 Å². The number of hydrogen-bond donors (Lipinski definition) is 1. The number of ether oxygens (including phenoxy) is 1. The molecule has 1 aliphatic carbocycles. The summed E-state index contributed by atoms with van der Waals surface area (Å²) >= 11 is 0. The summed E-state index contributed by atoms with van der Waals surface area (Å²) in [5, 5.41) is 4.17. The van der Waals surface area contributed by atoms with E-state index in [0.29, 0.717) is 18.3 Å². The lowest BCUT2D eigenvalue weighted by atomic mass is 9.72. The molecule has 2 rings (SSSR count). The average molecular weight is 281 g/mol. The van der Waals surface area contributed by atoms with Gasteiger partial charge in [-0.3, -0.25) is 0 Å². The van der Waals surface area contributed by atoms with Crippen LogP contribution in [0.5, 0.6) is 0 Å². The quantitative estimate of drug-likeness (QED) is 0.898. The predicted octanol–water partition coefficient (Wildman–Crippen LogP) is 2.89. The van der Waals surface area contributed by atoms with Crippen molar-refractivity contribution in [2.45, 2.75) is 76.9 Å². The fraction of sp³-hybridized carbons (Fsp3) is 0.867. The maximum absolute atomic E-state index is 6.30. The number of hydrogen-bond acceptors (Lipinski definition) is 5. The molecular formula is C15H27N3O2. The Morgan fingerprint density at radius 3 is 2.80 bits per heavy atom. The zero-order valence-corrected chi connectivity index (χ0v) is 13.1. The van der Waals surface area contributed by atoms with Crippen molar-refractivity contribution in [3.63, 3.8) is 0 Å². The SMILES string of the molecule is CCOC(C)(CC)c1noc(C2(C)CCCCC2N)n1. The van der Waals surface area contributed by atoms with Gasteiger partial charge in [-0.05, 0) is 40.0 Å². The van der Waals surface area contributed by atoms with E-state index in [9.17, 15) is 0 Å². The monoisotopic (exact) mass is 281 g/mol. The van der Waals surface area contributed by atoms with Crippen LogP contribution in [-0.2, 0) is 15.8 Å². The second-order valence-corrected chi connectivity index (χ2v) is 6.21. The van der Waals surface area contributed by atoms with Gasteiger partial charge < -0.3 is 15.0 Å². The van der Waals surface area contributed by atoms with Crippen LogP contribution in [0.25, 0.3) is 0 Å². The summed E-state index contributed by atoms with van der Waals surface area (Å²) in [5.74, 6) is 1.30. The second-order valence-electron chi connectivity index (χ2n) is 6.21. The van der Waals surface area contributed by atoms with Gasteiger partial charge in [-0.25, -0.2) is 0 Å². The molecule has 2 N–H and O–H groups in total. The molecule has 3 atom stereocenters. The van der Waals surface area contributed by atoms with Gasteiger partial charge in [0.1, 0.15) is 5.60 Å². The Morgan fingerprint density at radius 1 is 1.45 bits per heavy atom. The van der Waals surface area contributed by atoms with E-state index in [-0.39, 0.29) is 11.5 Å². The fourth-order valence-electron chi connectivity index (χ4n) is 2.94. The first-order valence-electron chi connectivity index (χ1n) is 7.70. The molecule has 5 nitrogen and oxygen atoms in total. The van der Waals surface area contributed by atoms with Gasteiger partial charge in [0.05, 0.1) is 5.41 Å². The highest BCUT2D eigenvalue weighted by molar-refractivity contribution is 5.12. The van der Waals surface area contributed by atoms with Crippen LogP contribution >= 0.6 is 0 Å². The second kappa shape index (κ2) is 5.82. The van der Waals surface area contributed by atoms with Crippen molar-refractivity contribution < 1.29 is 9.26 Å². The highest BCUT2D eigenvalue weighted by Gasteiger charge is 2.42. The van der Waals surface area contributed by atoms with Gasteiger partial charge in [-0.1, -0.05) is 24.9 Å². The van der Waals surface area contributed by atoms with Crippen LogP contribution in [0.1, 0.15) is 71.5 Å². The summed E-state index contributed by atoms with van der Waals surface area (Å²) < 4.78 is 11.4. The van der Waals surface area contributed by atoms with Gasteiger partial charge in [0.2, 0.25) is 11.7 Å². The Hall–Kier alpha value is -0.940. The van der Waals surface area contributed by atoms with Crippen LogP contribution in [0.15, 0.2) is 4.52 Å². The summed E-state index contributed by atoms with van der Waals surface area (Å²) in [5.41, 5.74) is 5.61. The van der Waals surface area contributed by atoms with Crippen LogP contribution in [0.2, 0.25) is 0 Å². The van der Waals surface area contributed by atoms with Crippen LogP contribution in [0.3, 0.4) is 0 Å². The molecule has 0 aromatic carbocycles. The average Bonchev–Trinajstić information content (AvgIpc) is 2.93. The molecule has 1 aromatic rings. The largest absolute Gasteiger partial charge is 0.367 e. The summed E-state index contributed by atoms with van der Waals surface area (Å²) in [6, 6.07) is 0.0875. The van der Waals surface area contributed by atoms with Crippen molar-refractivity contribution in [2.24, 2.45) is 5.73 Å². The molecule has 3 unspecified atom stereocenters. The number of nitrogens with zero attached hydrogens (tertiary/aromatic N) is 2. The number of rotatable bonds is 5. The van der Waals surface area contributed by atoms with E-state index in [1.165, 1.54) is 12.8 Å². The molecular weight excluding hydrogens is 254 g/mol. The van der Waals surface area contributed by atoms with E-state index in [0.717, 1.165) is 19.3 Å². The molecule has 1 fully saturated rings. The van der Waals surface area contributed by atoms with Crippen molar-refractivity contribution in [3.8, 4) is 0 Å². The van der Waals surface area contributed by atoms with Crippen molar-refractivity contribution in [1.29, 1.82) is 0 Å². The van der Waals surface area contributed by atoms with Gasteiger partial charge in [-0.2, -0.15) is 4.98 Å². The first-order chi connectivity index (χ1) is 9.46. The summed E-state index contributed by atoms with van der Waals surface area (Å²) in [6.07, 6.45) is 5.18. The standard InChI is InChI=1S/C15H27N3O2/c1-5-15(4,19-6-2)12-17-13(20-18-12)14(3)10-8-7-9-11(14)16/h11H,5-10,16H2,1-4H3. The van der Waals surface area contributed by atoms with Gasteiger partial charge >= 0.3 is 0 Å². The minimum absolute atomic E-state index is 0.0875. The third-order valence-electron chi connectivity index (χ3n) is 4.80. The van der Waals surface area contributed by atoms with E-state index < -0.39 is 5.60 Å². The minimum atomic E-state index is -0.481. The lowest BCUT2D eigenvalue weighted by Gasteiger charge is -2.36. The molecule has 0 amide bonds. The molecule has 0 saturated heterocycles. The zero-order valence-electron chi connectivity index (χ0n) is 13.1. The summed E-state index contributed by atoms with van der Waals surface area (Å²) in [4.78, 5) is 4.63. The molecule has 0 bridgehead atoms. The molecule has 1 aromatic heterocycles. The lowest BCUT2D eigenvalue weighted by Crippen LogP contribution is -2.45. The number of nitrogens with two attached hydrogens (primary N) is 1. The van der Waals surface area contributed by atoms with E-state index in [2.05, 4.69) is 24.0 Å². The third-order valence-corrected chi connectivity index (χ3v) is 4.80. The fourth-order valence-corrected chi connectivity index (χ4v) is 2.94. The molecule has 114 valence electrons. The summed E-state index contributed by atoms with van der Waals surface area (Å²) in [7, 11) is 0. The van der Waals surface area contributed by atoms with Crippen molar-refractivity contribution >= 4 is 0 Å². The molecule has 1 heterocycles. The van der Waals surface area contributed by atoms with Crippen molar-refractivity contribution in [1.82, 2.24) is 10.1 Å². The van der Waals surface area contributed by atoms with Crippen LogP contribution in [0.4, 0.5) is 0 Å². The zero-order chi connectivity index (χ0) is 14.8. The Morgan fingerprint density at radius 2 is 2.20 bits per heavy atom.